The number of thioether (sulfide) groups is 1. The number of nitrogens with one attached hydrogen (secondary N) is 1. The number of fused-ring (bicyclic) bond motifs is 1. The van der Waals surface area contributed by atoms with Gasteiger partial charge in [-0.3, -0.25) is 10.2 Å². The second-order valence-corrected chi connectivity index (χ2v) is 7.74. The summed E-state index contributed by atoms with van der Waals surface area (Å²) in [7, 11) is 1.62. The lowest BCUT2D eigenvalue weighted by molar-refractivity contribution is -0.114. The number of aliphatic imine (C=N–C) groups is 1. The highest BCUT2D eigenvalue weighted by molar-refractivity contribution is 8.26. The van der Waals surface area contributed by atoms with Gasteiger partial charge in [-0.25, -0.2) is 0 Å². The molecule has 31 heavy (non-hydrogen) atoms. The zero-order chi connectivity index (χ0) is 21.8. The lowest BCUT2D eigenvalue weighted by Gasteiger charge is -2.20. The molecule has 2 aromatic carbocycles. The Labute approximate surface area is 183 Å². The number of methoxy groups -OCH3 is 1. The molecule has 0 aliphatic carbocycles. The molecule has 4 rings (SSSR count). The monoisotopic (exact) mass is 436 g/mol. The van der Waals surface area contributed by atoms with E-state index in [0.29, 0.717) is 24.1 Å². The van der Waals surface area contributed by atoms with Crippen LogP contribution in [0.1, 0.15) is 12.5 Å². The Morgan fingerprint density at radius 3 is 2.19 bits per heavy atom. The van der Waals surface area contributed by atoms with Gasteiger partial charge in [-0.1, -0.05) is 12.1 Å². The molecular formula is C22H20N4O4S. The van der Waals surface area contributed by atoms with Gasteiger partial charge in [-0.15, -0.1) is 0 Å². The first-order chi connectivity index (χ1) is 15.0. The minimum atomic E-state index is -0.440. The number of carbonyl (C=O) groups excluding carboxylic acids is 1. The number of benzene rings is 2. The SMILES string of the molecule is COc1ccc(OCCOc2ccc(C=C3C(=N)N4N=C(C)SC4=NC3=O)cc2)cc1. The first kappa shape index (κ1) is 20.7. The number of ether oxygens (including phenoxy) is 3. The average Bonchev–Trinajstić information content (AvgIpc) is 3.16. The maximum atomic E-state index is 12.3. The molecule has 0 saturated carbocycles. The van der Waals surface area contributed by atoms with Crippen molar-refractivity contribution in [3.63, 3.8) is 0 Å². The van der Waals surface area contributed by atoms with Crippen molar-refractivity contribution in [2.45, 2.75) is 6.92 Å². The second-order valence-electron chi connectivity index (χ2n) is 6.58. The number of hydrogen-bond donors (Lipinski definition) is 1. The summed E-state index contributed by atoms with van der Waals surface area (Å²) in [5.74, 6) is 1.79. The molecule has 2 aliphatic heterocycles. The smallest absolute Gasteiger partial charge is 0.283 e. The quantitative estimate of drug-likeness (QED) is 0.524. The predicted octanol–water partition coefficient (Wildman–Crippen LogP) is 3.79. The van der Waals surface area contributed by atoms with Crippen LogP contribution in [0.25, 0.3) is 6.08 Å². The molecule has 0 unspecified atom stereocenters. The normalized spacial score (nSPS) is 16.7. The van der Waals surface area contributed by atoms with Crippen LogP contribution in [-0.2, 0) is 4.79 Å². The molecule has 1 N–H and O–H groups in total. The topological polar surface area (TPSA) is 96.6 Å². The summed E-state index contributed by atoms with van der Waals surface area (Å²) >= 11 is 1.28. The van der Waals surface area contributed by atoms with Crippen LogP contribution in [0.5, 0.6) is 17.2 Å². The van der Waals surface area contributed by atoms with Gasteiger partial charge in [0.15, 0.2) is 5.84 Å². The van der Waals surface area contributed by atoms with Crippen LogP contribution < -0.4 is 14.2 Å². The van der Waals surface area contributed by atoms with E-state index in [2.05, 4.69) is 10.1 Å². The zero-order valence-corrected chi connectivity index (χ0v) is 17.8. The third-order valence-corrected chi connectivity index (χ3v) is 5.25. The number of amidine groups is 2. The number of nitrogens with zero attached hydrogens (tertiary/aromatic N) is 3. The molecule has 2 heterocycles. The molecule has 2 aromatic rings. The van der Waals surface area contributed by atoms with Gasteiger partial charge < -0.3 is 14.2 Å². The van der Waals surface area contributed by atoms with Gasteiger partial charge in [0.25, 0.3) is 5.91 Å². The molecule has 0 aromatic heterocycles. The van der Waals surface area contributed by atoms with Gasteiger partial charge in [-0.2, -0.15) is 15.1 Å². The van der Waals surface area contributed by atoms with Crippen molar-refractivity contribution in [3.05, 3.63) is 59.7 Å². The molecule has 0 bridgehead atoms. The molecule has 9 heteroatoms. The van der Waals surface area contributed by atoms with Gasteiger partial charge in [0.2, 0.25) is 5.17 Å². The van der Waals surface area contributed by atoms with Crippen molar-refractivity contribution in [2.24, 2.45) is 10.1 Å². The summed E-state index contributed by atoms with van der Waals surface area (Å²) in [6.45, 7) is 2.60. The molecule has 0 spiro atoms. The van der Waals surface area contributed by atoms with E-state index in [4.69, 9.17) is 19.6 Å². The summed E-state index contributed by atoms with van der Waals surface area (Å²) in [4.78, 5) is 16.3. The van der Waals surface area contributed by atoms with E-state index in [0.717, 1.165) is 22.1 Å². The number of carbonyl (C=O) groups is 1. The van der Waals surface area contributed by atoms with Crippen molar-refractivity contribution < 1.29 is 19.0 Å². The Morgan fingerprint density at radius 1 is 1.00 bits per heavy atom. The first-order valence-electron chi connectivity index (χ1n) is 9.50. The van der Waals surface area contributed by atoms with Crippen LogP contribution in [0.3, 0.4) is 0 Å². The van der Waals surface area contributed by atoms with Crippen LogP contribution in [0.15, 0.2) is 64.2 Å². The van der Waals surface area contributed by atoms with E-state index < -0.39 is 5.91 Å². The molecule has 0 fully saturated rings. The standard InChI is InChI=1S/C22H20N4O4S/c1-14-25-26-20(23)19(21(27)24-22(26)31-14)13-15-3-5-17(6-4-15)29-11-12-30-18-9-7-16(28-2)8-10-18/h3-10,13,23H,11-12H2,1-2H3. The van der Waals surface area contributed by atoms with E-state index in [1.807, 2.05) is 43.3 Å². The fourth-order valence-electron chi connectivity index (χ4n) is 2.91. The molecular weight excluding hydrogens is 416 g/mol. The Hall–Kier alpha value is -3.59. The van der Waals surface area contributed by atoms with Crippen LogP contribution in [0.4, 0.5) is 0 Å². The van der Waals surface area contributed by atoms with Crippen LogP contribution in [-0.4, -0.2) is 47.3 Å². The van der Waals surface area contributed by atoms with E-state index in [9.17, 15) is 4.79 Å². The molecule has 1 amide bonds. The van der Waals surface area contributed by atoms with E-state index >= 15 is 0 Å². The van der Waals surface area contributed by atoms with Gasteiger partial charge >= 0.3 is 0 Å². The lowest BCUT2D eigenvalue weighted by atomic mass is 10.1. The maximum Gasteiger partial charge on any atom is 0.283 e. The van der Waals surface area contributed by atoms with Crippen LogP contribution in [0, 0.1) is 5.41 Å². The number of hydrazone groups is 1. The largest absolute Gasteiger partial charge is 0.497 e. The minimum absolute atomic E-state index is 0.0235. The summed E-state index contributed by atoms with van der Waals surface area (Å²) in [6.07, 6.45) is 1.63. The van der Waals surface area contributed by atoms with Gasteiger partial charge in [-0.05, 0) is 66.7 Å². The Bertz CT molecular complexity index is 1090. The van der Waals surface area contributed by atoms with Gasteiger partial charge in [0.05, 0.1) is 17.7 Å². The Kier molecular flexibility index (Phi) is 6.03. The Morgan fingerprint density at radius 2 is 1.58 bits per heavy atom. The van der Waals surface area contributed by atoms with Crippen molar-refractivity contribution in [1.29, 1.82) is 5.41 Å². The third kappa shape index (κ3) is 4.77. The maximum absolute atomic E-state index is 12.3. The summed E-state index contributed by atoms with van der Waals surface area (Å²) < 4.78 is 16.4. The van der Waals surface area contributed by atoms with E-state index in [1.165, 1.54) is 16.8 Å². The fraction of sp³-hybridized carbons (Fsp3) is 0.182. The lowest BCUT2D eigenvalue weighted by Crippen LogP contribution is -2.35. The predicted molar refractivity (Wildman–Crippen MR) is 121 cm³/mol. The van der Waals surface area contributed by atoms with Gasteiger partial charge in [0, 0.05) is 0 Å². The summed E-state index contributed by atoms with van der Waals surface area (Å²) in [5, 5.41) is 15.1. The summed E-state index contributed by atoms with van der Waals surface area (Å²) in [5.41, 5.74) is 0.963. The molecule has 0 radical (unpaired) electrons. The molecule has 0 saturated heterocycles. The molecule has 0 atom stereocenters. The highest BCUT2D eigenvalue weighted by Gasteiger charge is 2.34. The first-order valence-corrected chi connectivity index (χ1v) is 10.3. The van der Waals surface area contributed by atoms with Crippen molar-refractivity contribution in [1.82, 2.24) is 5.01 Å². The van der Waals surface area contributed by atoms with Crippen LogP contribution in [0.2, 0.25) is 0 Å². The van der Waals surface area contributed by atoms with Crippen LogP contribution >= 0.6 is 11.8 Å². The number of amides is 1. The average molecular weight is 436 g/mol. The fourth-order valence-corrected chi connectivity index (χ4v) is 3.64. The van der Waals surface area contributed by atoms with Crippen molar-refractivity contribution in [3.8, 4) is 17.2 Å². The summed E-state index contributed by atoms with van der Waals surface area (Å²) in [6, 6.07) is 14.6. The van der Waals surface area contributed by atoms with Crippen molar-refractivity contribution >= 4 is 39.8 Å². The van der Waals surface area contributed by atoms with Crippen molar-refractivity contribution in [2.75, 3.05) is 20.3 Å². The minimum Gasteiger partial charge on any atom is -0.497 e. The molecule has 158 valence electrons. The molecule has 8 nitrogen and oxygen atoms in total. The van der Waals surface area contributed by atoms with E-state index in [1.54, 1.807) is 25.3 Å². The molecule has 2 aliphatic rings. The Balaban J connectivity index is 1.33. The highest BCUT2D eigenvalue weighted by Crippen LogP contribution is 2.28. The third-order valence-electron chi connectivity index (χ3n) is 4.43. The number of rotatable bonds is 7. The highest BCUT2D eigenvalue weighted by atomic mass is 32.2. The van der Waals surface area contributed by atoms with Gasteiger partial charge in [0.1, 0.15) is 30.5 Å². The number of hydrogen-bond acceptors (Lipinski definition) is 7. The van der Waals surface area contributed by atoms with E-state index in [-0.39, 0.29) is 11.4 Å². The zero-order valence-electron chi connectivity index (χ0n) is 17.0. The second kappa shape index (κ2) is 9.05.